The standard InChI is InChI=1S/C11H12O4S2/c12-10(13)8-5-7(9(17-8)11(14)15)6-1-3-16-4-2-6/h5-6H,1-4H2,(H,12,13)(H,14,15). The quantitative estimate of drug-likeness (QED) is 0.885. The first-order valence-electron chi connectivity index (χ1n) is 5.27. The third-order valence-corrected chi connectivity index (χ3v) is 5.00. The van der Waals surface area contributed by atoms with Crippen molar-refractivity contribution < 1.29 is 19.8 Å². The molecule has 0 amide bonds. The molecule has 2 heterocycles. The lowest BCUT2D eigenvalue weighted by molar-refractivity contribution is 0.0692. The molecule has 0 saturated carbocycles. The van der Waals surface area contributed by atoms with E-state index in [-0.39, 0.29) is 15.7 Å². The molecule has 0 bridgehead atoms. The Morgan fingerprint density at radius 3 is 2.35 bits per heavy atom. The molecule has 0 aliphatic carbocycles. The average molecular weight is 272 g/mol. The molecule has 2 N–H and O–H groups in total. The highest BCUT2D eigenvalue weighted by Crippen LogP contribution is 2.37. The Kier molecular flexibility index (Phi) is 3.73. The van der Waals surface area contributed by atoms with Crippen LogP contribution >= 0.6 is 23.1 Å². The summed E-state index contributed by atoms with van der Waals surface area (Å²) in [7, 11) is 0. The van der Waals surface area contributed by atoms with E-state index in [0.717, 1.165) is 35.7 Å². The van der Waals surface area contributed by atoms with Crippen LogP contribution in [0.15, 0.2) is 6.07 Å². The maximum absolute atomic E-state index is 11.1. The van der Waals surface area contributed by atoms with Crippen molar-refractivity contribution in [2.45, 2.75) is 18.8 Å². The minimum absolute atomic E-state index is 0.121. The molecule has 1 aromatic rings. The normalized spacial score (nSPS) is 16.9. The van der Waals surface area contributed by atoms with Crippen molar-refractivity contribution in [1.29, 1.82) is 0 Å². The lowest BCUT2D eigenvalue weighted by atomic mass is 9.93. The van der Waals surface area contributed by atoms with Gasteiger partial charge < -0.3 is 10.2 Å². The minimum atomic E-state index is -1.05. The molecule has 1 aliphatic heterocycles. The van der Waals surface area contributed by atoms with Crippen LogP contribution in [-0.4, -0.2) is 33.7 Å². The summed E-state index contributed by atoms with van der Waals surface area (Å²) in [5.74, 6) is 0.167. The van der Waals surface area contributed by atoms with Gasteiger partial charge in [0.2, 0.25) is 0 Å². The number of rotatable bonds is 3. The molecular formula is C11H12O4S2. The highest BCUT2D eigenvalue weighted by molar-refractivity contribution is 7.99. The van der Waals surface area contributed by atoms with Gasteiger partial charge in [-0.25, -0.2) is 9.59 Å². The van der Waals surface area contributed by atoms with Crippen LogP contribution in [-0.2, 0) is 0 Å². The molecule has 0 radical (unpaired) electrons. The number of aromatic carboxylic acids is 2. The zero-order valence-corrected chi connectivity index (χ0v) is 10.6. The summed E-state index contributed by atoms with van der Waals surface area (Å²) in [5.41, 5.74) is 0.709. The molecule has 0 unspecified atom stereocenters. The van der Waals surface area contributed by atoms with Gasteiger partial charge in [0.1, 0.15) is 9.75 Å². The monoisotopic (exact) mass is 272 g/mol. The van der Waals surface area contributed by atoms with Gasteiger partial charge in [0.05, 0.1) is 0 Å². The number of hydrogen-bond acceptors (Lipinski definition) is 4. The molecule has 1 aliphatic rings. The summed E-state index contributed by atoms with van der Waals surface area (Å²) in [6, 6.07) is 1.54. The zero-order chi connectivity index (χ0) is 12.4. The predicted octanol–water partition coefficient (Wildman–Crippen LogP) is 2.76. The Hall–Kier alpha value is -1.01. The number of carboxylic acid groups (broad SMARTS) is 2. The van der Waals surface area contributed by atoms with Crippen LogP contribution in [0.4, 0.5) is 0 Å². The van der Waals surface area contributed by atoms with E-state index in [0.29, 0.717) is 5.56 Å². The highest BCUT2D eigenvalue weighted by atomic mass is 32.2. The molecule has 4 nitrogen and oxygen atoms in total. The van der Waals surface area contributed by atoms with Crippen LogP contribution in [0.3, 0.4) is 0 Å². The molecule has 1 saturated heterocycles. The Balaban J connectivity index is 2.36. The number of thioether (sulfide) groups is 1. The van der Waals surface area contributed by atoms with Gasteiger partial charge >= 0.3 is 11.9 Å². The van der Waals surface area contributed by atoms with Crippen molar-refractivity contribution in [3.63, 3.8) is 0 Å². The second-order valence-corrected chi connectivity index (χ2v) is 6.17. The Labute approximate surface area is 107 Å². The first kappa shape index (κ1) is 12.4. The van der Waals surface area contributed by atoms with Crippen LogP contribution in [0.2, 0.25) is 0 Å². The number of carboxylic acids is 2. The topological polar surface area (TPSA) is 74.6 Å². The number of carbonyl (C=O) groups is 2. The molecule has 6 heteroatoms. The lowest BCUT2D eigenvalue weighted by Crippen LogP contribution is -2.10. The van der Waals surface area contributed by atoms with E-state index in [2.05, 4.69) is 0 Å². The van der Waals surface area contributed by atoms with Crippen LogP contribution in [0.5, 0.6) is 0 Å². The van der Waals surface area contributed by atoms with Gasteiger partial charge in [-0.3, -0.25) is 0 Å². The second kappa shape index (κ2) is 5.10. The Morgan fingerprint density at radius 1 is 1.18 bits per heavy atom. The van der Waals surface area contributed by atoms with Gasteiger partial charge in [-0.05, 0) is 41.9 Å². The molecular weight excluding hydrogens is 260 g/mol. The SMILES string of the molecule is O=C(O)c1cc(C2CCSCC2)c(C(=O)O)s1. The largest absolute Gasteiger partial charge is 0.477 e. The third kappa shape index (κ3) is 2.63. The molecule has 2 rings (SSSR count). The van der Waals surface area contributed by atoms with Crippen LogP contribution in [0.1, 0.15) is 43.7 Å². The predicted molar refractivity (Wildman–Crippen MR) is 67.5 cm³/mol. The van der Waals surface area contributed by atoms with E-state index < -0.39 is 11.9 Å². The number of hydrogen-bond donors (Lipinski definition) is 2. The lowest BCUT2D eigenvalue weighted by Gasteiger charge is -2.21. The molecule has 1 aromatic heterocycles. The van der Waals surface area contributed by atoms with Crippen LogP contribution in [0, 0.1) is 0 Å². The summed E-state index contributed by atoms with van der Waals surface area (Å²) in [6.07, 6.45) is 1.86. The first-order valence-corrected chi connectivity index (χ1v) is 7.24. The van der Waals surface area contributed by atoms with Gasteiger partial charge in [0.15, 0.2) is 0 Å². The van der Waals surface area contributed by atoms with Gasteiger partial charge in [0.25, 0.3) is 0 Å². The fourth-order valence-corrected chi connectivity index (χ4v) is 4.02. The van der Waals surface area contributed by atoms with Gasteiger partial charge in [-0.2, -0.15) is 11.8 Å². The van der Waals surface area contributed by atoms with Crippen LogP contribution < -0.4 is 0 Å². The van der Waals surface area contributed by atoms with E-state index in [1.54, 1.807) is 0 Å². The van der Waals surface area contributed by atoms with Crippen LogP contribution in [0.25, 0.3) is 0 Å². The van der Waals surface area contributed by atoms with Crippen molar-refractivity contribution in [3.8, 4) is 0 Å². The summed E-state index contributed by atoms with van der Waals surface area (Å²) in [4.78, 5) is 22.3. The maximum atomic E-state index is 11.1. The smallest absolute Gasteiger partial charge is 0.346 e. The van der Waals surface area contributed by atoms with Crippen molar-refractivity contribution >= 4 is 35.0 Å². The minimum Gasteiger partial charge on any atom is -0.477 e. The molecule has 0 spiro atoms. The second-order valence-electron chi connectivity index (χ2n) is 3.89. The molecule has 0 aromatic carbocycles. The third-order valence-electron chi connectivity index (χ3n) is 2.83. The van der Waals surface area contributed by atoms with Gasteiger partial charge in [-0.15, -0.1) is 11.3 Å². The maximum Gasteiger partial charge on any atom is 0.346 e. The van der Waals surface area contributed by atoms with E-state index >= 15 is 0 Å². The van der Waals surface area contributed by atoms with E-state index in [4.69, 9.17) is 10.2 Å². The van der Waals surface area contributed by atoms with Crippen molar-refractivity contribution in [3.05, 3.63) is 21.4 Å². The summed E-state index contributed by atoms with van der Waals surface area (Å²) >= 11 is 2.72. The number of thiophene rings is 1. The van der Waals surface area contributed by atoms with E-state index in [1.165, 1.54) is 6.07 Å². The van der Waals surface area contributed by atoms with Crippen molar-refractivity contribution in [2.75, 3.05) is 11.5 Å². The fourth-order valence-electron chi connectivity index (χ4n) is 1.99. The molecule has 92 valence electrons. The molecule has 0 atom stereocenters. The van der Waals surface area contributed by atoms with E-state index in [9.17, 15) is 9.59 Å². The average Bonchev–Trinajstić information content (AvgIpc) is 2.75. The van der Waals surface area contributed by atoms with Gasteiger partial charge in [0, 0.05) is 0 Å². The highest BCUT2D eigenvalue weighted by Gasteiger charge is 2.25. The summed E-state index contributed by atoms with van der Waals surface area (Å²) in [6.45, 7) is 0. The Morgan fingerprint density at radius 2 is 1.82 bits per heavy atom. The van der Waals surface area contributed by atoms with Crippen molar-refractivity contribution in [1.82, 2.24) is 0 Å². The first-order chi connectivity index (χ1) is 8.09. The summed E-state index contributed by atoms with van der Waals surface area (Å²) < 4.78 is 0. The zero-order valence-electron chi connectivity index (χ0n) is 9.01. The fraction of sp³-hybridized carbons (Fsp3) is 0.455. The molecule has 17 heavy (non-hydrogen) atoms. The Bertz CT molecular complexity index is 446. The van der Waals surface area contributed by atoms with E-state index in [1.807, 2.05) is 11.8 Å². The molecule has 1 fully saturated rings. The van der Waals surface area contributed by atoms with Crippen molar-refractivity contribution in [2.24, 2.45) is 0 Å². The summed E-state index contributed by atoms with van der Waals surface area (Å²) in [5, 5.41) is 18.0. The van der Waals surface area contributed by atoms with Gasteiger partial charge in [-0.1, -0.05) is 0 Å².